The number of nitrogens with one attached hydrogen (secondary N) is 2. The first-order valence-electron chi connectivity index (χ1n) is 7.82. The predicted octanol–water partition coefficient (Wildman–Crippen LogP) is 3.55. The third-order valence-corrected chi connectivity index (χ3v) is 3.67. The summed E-state index contributed by atoms with van der Waals surface area (Å²) in [4.78, 5) is 12.0. The van der Waals surface area contributed by atoms with Crippen LogP contribution in [-0.4, -0.2) is 19.6 Å². The van der Waals surface area contributed by atoms with E-state index in [1.54, 1.807) is 7.11 Å². The van der Waals surface area contributed by atoms with Gasteiger partial charge in [-0.3, -0.25) is 4.79 Å². The molecule has 4 heteroatoms. The summed E-state index contributed by atoms with van der Waals surface area (Å²) in [6.07, 6.45) is 0. The number of amides is 1. The van der Waals surface area contributed by atoms with Crippen molar-refractivity contribution in [3.8, 4) is 5.75 Å². The van der Waals surface area contributed by atoms with E-state index in [9.17, 15) is 4.79 Å². The lowest BCUT2D eigenvalue weighted by Crippen LogP contribution is -2.29. The van der Waals surface area contributed by atoms with Gasteiger partial charge in [-0.05, 0) is 35.2 Å². The van der Waals surface area contributed by atoms with Gasteiger partial charge in [0, 0.05) is 12.2 Å². The van der Waals surface area contributed by atoms with Gasteiger partial charge in [0.15, 0.2) is 0 Å². The Balaban J connectivity index is 1.83. The quantitative estimate of drug-likeness (QED) is 0.822. The Kier molecular flexibility index (Phi) is 6.03. The summed E-state index contributed by atoms with van der Waals surface area (Å²) in [6.45, 7) is 5.06. The maximum absolute atomic E-state index is 12.0. The first-order valence-corrected chi connectivity index (χ1v) is 7.82. The van der Waals surface area contributed by atoms with E-state index >= 15 is 0 Å². The van der Waals surface area contributed by atoms with E-state index < -0.39 is 0 Å². The van der Waals surface area contributed by atoms with Gasteiger partial charge < -0.3 is 15.4 Å². The van der Waals surface area contributed by atoms with Gasteiger partial charge in [-0.1, -0.05) is 44.2 Å². The molecule has 0 heterocycles. The number of hydrogen-bond acceptors (Lipinski definition) is 3. The highest BCUT2D eigenvalue weighted by Gasteiger charge is 2.07. The Morgan fingerprint density at radius 2 is 1.78 bits per heavy atom. The molecule has 0 aromatic heterocycles. The molecular formula is C19H24N2O2. The first kappa shape index (κ1) is 16.9. The Hall–Kier alpha value is -2.49. The van der Waals surface area contributed by atoms with Crippen LogP contribution in [0, 0.1) is 0 Å². The van der Waals surface area contributed by atoms with Gasteiger partial charge in [0.05, 0.1) is 13.7 Å². The molecule has 0 saturated carbocycles. The van der Waals surface area contributed by atoms with E-state index in [0.29, 0.717) is 12.5 Å². The highest BCUT2D eigenvalue weighted by atomic mass is 16.5. The molecule has 0 radical (unpaired) electrons. The highest BCUT2D eigenvalue weighted by Crippen LogP contribution is 2.23. The average Bonchev–Trinajstić information content (AvgIpc) is 2.58. The fraction of sp³-hybridized carbons (Fsp3) is 0.316. The molecule has 2 aromatic carbocycles. The standard InChI is InChI=1S/C19H24N2O2/c1-14(2)17-6-4-5-7-18(17)20-13-19(22)21-12-15-8-10-16(23-3)11-9-15/h4-11,14,20H,12-13H2,1-3H3,(H,21,22). The Morgan fingerprint density at radius 1 is 1.09 bits per heavy atom. The molecule has 0 atom stereocenters. The van der Waals surface area contributed by atoms with Crippen molar-refractivity contribution in [2.24, 2.45) is 0 Å². The molecule has 4 nitrogen and oxygen atoms in total. The third kappa shape index (κ3) is 5.02. The van der Waals surface area contributed by atoms with Crippen LogP contribution < -0.4 is 15.4 Å². The topological polar surface area (TPSA) is 50.4 Å². The summed E-state index contributed by atoms with van der Waals surface area (Å²) >= 11 is 0. The number of carbonyl (C=O) groups is 1. The van der Waals surface area contributed by atoms with Crippen LogP contribution in [0.15, 0.2) is 48.5 Å². The maximum Gasteiger partial charge on any atom is 0.239 e. The van der Waals surface area contributed by atoms with Gasteiger partial charge in [-0.2, -0.15) is 0 Å². The SMILES string of the molecule is COc1ccc(CNC(=O)CNc2ccccc2C(C)C)cc1. The monoisotopic (exact) mass is 312 g/mol. The van der Waals surface area contributed by atoms with E-state index in [-0.39, 0.29) is 12.5 Å². The first-order chi connectivity index (χ1) is 11.1. The minimum atomic E-state index is -0.0284. The molecule has 0 aliphatic heterocycles. The molecule has 0 saturated heterocycles. The van der Waals surface area contributed by atoms with Crippen LogP contribution in [-0.2, 0) is 11.3 Å². The zero-order valence-corrected chi connectivity index (χ0v) is 13.9. The number of benzene rings is 2. The van der Waals surface area contributed by atoms with Crippen molar-refractivity contribution in [2.45, 2.75) is 26.3 Å². The molecule has 0 aliphatic rings. The number of rotatable bonds is 7. The number of para-hydroxylation sites is 1. The van der Waals surface area contributed by atoms with Crippen LogP contribution >= 0.6 is 0 Å². The average molecular weight is 312 g/mol. The molecule has 2 N–H and O–H groups in total. The van der Waals surface area contributed by atoms with Crippen molar-refractivity contribution in [3.63, 3.8) is 0 Å². The summed E-state index contributed by atoms with van der Waals surface area (Å²) in [5.74, 6) is 1.20. The molecule has 0 spiro atoms. The minimum absolute atomic E-state index is 0.0284. The normalized spacial score (nSPS) is 10.4. The minimum Gasteiger partial charge on any atom is -0.497 e. The molecule has 0 unspecified atom stereocenters. The predicted molar refractivity (Wildman–Crippen MR) is 93.9 cm³/mol. The Morgan fingerprint density at radius 3 is 2.43 bits per heavy atom. The van der Waals surface area contributed by atoms with Gasteiger partial charge in [-0.15, -0.1) is 0 Å². The molecular weight excluding hydrogens is 288 g/mol. The number of ether oxygens (including phenoxy) is 1. The third-order valence-electron chi connectivity index (χ3n) is 3.67. The Bertz CT molecular complexity index is 636. The fourth-order valence-electron chi connectivity index (χ4n) is 2.34. The molecule has 0 fully saturated rings. The number of carbonyl (C=O) groups excluding carboxylic acids is 1. The van der Waals surface area contributed by atoms with Crippen LogP contribution in [0.3, 0.4) is 0 Å². The van der Waals surface area contributed by atoms with Crippen molar-refractivity contribution in [3.05, 3.63) is 59.7 Å². The van der Waals surface area contributed by atoms with E-state index in [2.05, 4.69) is 30.5 Å². The van der Waals surface area contributed by atoms with Gasteiger partial charge in [0.1, 0.15) is 5.75 Å². The number of hydrogen-bond donors (Lipinski definition) is 2. The zero-order valence-electron chi connectivity index (χ0n) is 13.9. The van der Waals surface area contributed by atoms with Gasteiger partial charge in [-0.25, -0.2) is 0 Å². The van der Waals surface area contributed by atoms with Gasteiger partial charge >= 0.3 is 0 Å². The van der Waals surface area contributed by atoms with Gasteiger partial charge in [0.2, 0.25) is 5.91 Å². The lowest BCUT2D eigenvalue weighted by molar-refractivity contribution is -0.119. The second-order valence-electron chi connectivity index (χ2n) is 5.72. The molecule has 122 valence electrons. The molecule has 2 rings (SSSR count). The maximum atomic E-state index is 12.0. The molecule has 0 bridgehead atoms. The molecule has 23 heavy (non-hydrogen) atoms. The summed E-state index contributed by atoms with van der Waals surface area (Å²) in [5, 5.41) is 6.13. The lowest BCUT2D eigenvalue weighted by Gasteiger charge is -2.14. The van der Waals surface area contributed by atoms with E-state index in [1.807, 2.05) is 42.5 Å². The number of anilines is 1. The second kappa shape index (κ2) is 8.22. The van der Waals surface area contributed by atoms with E-state index in [4.69, 9.17) is 4.74 Å². The molecule has 0 aliphatic carbocycles. The van der Waals surface area contributed by atoms with Crippen LogP contribution in [0.25, 0.3) is 0 Å². The van der Waals surface area contributed by atoms with Crippen molar-refractivity contribution in [2.75, 3.05) is 19.0 Å². The lowest BCUT2D eigenvalue weighted by atomic mass is 10.0. The van der Waals surface area contributed by atoms with Crippen LogP contribution in [0.1, 0.15) is 30.9 Å². The van der Waals surface area contributed by atoms with Gasteiger partial charge in [0.25, 0.3) is 0 Å². The Labute approximate surface area is 137 Å². The van der Waals surface area contributed by atoms with E-state index in [0.717, 1.165) is 17.0 Å². The van der Waals surface area contributed by atoms with Crippen molar-refractivity contribution < 1.29 is 9.53 Å². The summed E-state index contributed by atoms with van der Waals surface area (Å²) in [7, 11) is 1.64. The zero-order chi connectivity index (χ0) is 16.7. The smallest absolute Gasteiger partial charge is 0.239 e. The highest BCUT2D eigenvalue weighted by molar-refractivity contribution is 5.81. The van der Waals surface area contributed by atoms with Crippen molar-refractivity contribution >= 4 is 11.6 Å². The van der Waals surface area contributed by atoms with Crippen molar-refractivity contribution in [1.29, 1.82) is 0 Å². The van der Waals surface area contributed by atoms with E-state index in [1.165, 1.54) is 5.56 Å². The van der Waals surface area contributed by atoms with Crippen LogP contribution in [0.4, 0.5) is 5.69 Å². The van der Waals surface area contributed by atoms with Crippen LogP contribution in [0.2, 0.25) is 0 Å². The molecule has 2 aromatic rings. The van der Waals surface area contributed by atoms with Crippen LogP contribution in [0.5, 0.6) is 5.75 Å². The second-order valence-corrected chi connectivity index (χ2v) is 5.72. The number of methoxy groups -OCH3 is 1. The summed E-state index contributed by atoms with van der Waals surface area (Å²) in [6, 6.07) is 15.8. The van der Waals surface area contributed by atoms with Crippen molar-refractivity contribution in [1.82, 2.24) is 5.32 Å². The summed E-state index contributed by atoms with van der Waals surface area (Å²) < 4.78 is 5.12. The largest absolute Gasteiger partial charge is 0.497 e. The fourth-order valence-corrected chi connectivity index (χ4v) is 2.34. The summed E-state index contributed by atoms with van der Waals surface area (Å²) in [5.41, 5.74) is 3.28. The molecule has 1 amide bonds.